The van der Waals surface area contributed by atoms with Crippen LogP contribution in [-0.2, 0) is 4.74 Å². The number of aryl methyl sites for hydroxylation is 2. The van der Waals surface area contributed by atoms with Crippen LogP contribution < -0.4 is 5.73 Å². The van der Waals surface area contributed by atoms with Gasteiger partial charge in [-0.25, -0.2) is 9.97 Å². The summed E-state index contributed by atoms with van der Waals surface area (Å²) in [5.74, 6) is 0.223. The third-order valence-corrected chi connectivity index (χ3v) is 4.20. The highest BCUT2D eigenvalue weighted by Gasteiger charge is 2.50. The monoisotopic (exact) mass is 262 g/mol. The van der Waals surface area contributed by atoms with Crippen molar-refractivity contribution in [2.75, 3.05) is 25.5 Å². The maximum atomic E-state index is 12.7. The molecule has 2 saturated heterocycles. The van der Waals surface area contributed by atoms with E-state index in [0.717, 1.165) is 26.0 Å². The molecule has 3 heterocycles. The Morgan fingerprint density at radius 3 is 2.47 bits per heavy atom. The number of rotatable bonds is 1. The highest BCUT2D eigenvalue weighted by Crippen LogP contribution is 2.39. The predicted molar refractivity (Wildman–Crippen MR) is 69.7 cm³/mol. The molecule has 1 spiro atoms. The predicted octanol–water partition coefficient (Wildman–Crippen LogP) is 0.681. The molecule has 1 aromatic rings. The van der Waals surface area contributed by atoms with Gasteiger partial charge in [-0.2, -0.15) is 0 Å². The first-order valence-corrected chi connectivity index (χ1v) is 6.54. The molecule has 0 aromatic carbocycles. The second kappa shape index (κ2) is 4.16. The van der Waals surface area contributed by atoms with Gasteiger partial charge in [-0.15, -0.1) is 0 Å². The molecule has 1 amide bonds. The van der Waals surface area contributed by atoms with Crippen molar-refractivity contribution in [3.63, 3.8) is 0 Å². The third kappa shape index (κ3) is 1.78. The molecule has 1 aromatic heterocycles. The van der Waals surface area contributed by atoms with Gasteiger partial charge in [0, 0.05) is 13.2 Å². The number of hydrogen-bond donors (Lipinski definition) is 1. The van der Waals surface area contributed by atoms with E-state index >= 15 is 0 Å². The fraction of sp³-hybridized carbons (Fsp3) is 0.615. The minimum Gasteiger partial charge on any atom is -0.379 e. The van der Waals surface area contributed by atoms with Gasteiger partial charge in [-0.3, -0.25) is 4.79 Å². The molecule has 0 saturated carbocycles. The number of aromatic nitrogens is 2. The number of ether oxygens (including phenoxy) is 1. The summed E-state index contributed by atoms with van der Waals surface area (Å²) in [4.78, 5) is 22.8. The second-order valence-corrected chi connectivity index (χ2v) is 5.36. The van der Waals surface area contributed by atoms with E-state index in [-0.39, 0.29) is 17.4 Å². The first-order valence-electron chi connectivity index (χ1n) is 6.54. The maximum absolute atomic E-state index is 12.7. The van der Waals surface area contributed by atoms with Crippen molar-refractivity contribution in [3.8, 4) is 0 Å². The maximum Gasteiger partial charge on any atom is 0.258 e. The molecule has 2 aliphatic rings. The van der Waals surface area contributed by atoms with Crippen LogP contribution in [0.15, 0.2) is 0 Å². The molecule has 0 radical (unpaired) electrons. The lowest BCUT2D eigenvalue weighted by atomic mass is 9.83. The summed E-state index contributed by atoms with van der Waals surface area (Å²) in [6.45, 7) is 5.77. The Morgan fingerprint density at radius 1 is 1.32 bits per heavy atom. The lowest BCUT2D eigenvalue weighted by molar-refractivity contribution is -0.00812. The zero-order valence-electron chi connectivity index (χ0n) is 11.3. The SMILES string of the molecule is Cc1nc(N)nc(C)c1C(=O)N1CC[C@@]12CCOC2. The van der Waals surface area contributed by atoms with Crippen LogP contribution in [0.1, 0.15) is 34.6 Å². The zero-order valence-corrected chi connectivity index (χ0v) is 11.3. The van der Waals surface area contributed by atoms with Crippen molar-refractivity contribution < 1.29 is 9.53 Å². The van der Waals surface area contributed by atoms with Gasteiger partial charge in [-0.05, 0) is 26.7 Å². The van der Waals surface area contributed by atoms with Crippen LogP contribution in [-0.4, -0.2) is 46.1 Å². The van der Waals surface area contributed by atoms with Crippen LogP contribution in [0.2, 0.25) is 0 Å². The molecule has 0 unspecified atom stereocenters. The van der Waals surface area contributed by atoms with E-state index in [1.165, 1.54) is 0 Å². The van der Waals surface area contributed by atoms with Crippen molar-refractivity contribution >= 4 is 11.9 Å². The smallest absolute Gasteiger partial charge is 0.258 e. The zero-order chi connectivity index (χ0) is 13.6. The molecule has 6 nitrogen and oxygen atoms in total. The lowest BCUT2D eigenvalue weighted by Crippen LogP contribution is -2.62. The topological polar surface area (TPSA) is 81.3 Å². The third-order valence-electron chi connectivity index (χ3n) is 4.20. The Hall–Kier alpha value is -1.69. The normalized spacial score (nSPS) is 25.7. The van der Waals surface area contributed by atoms with E-state index < -0.39 is 0 Å². The molecule has 0 bridgehead atoms. The molecule has 3 rings (SSSR count). The standard InChI is InChI=1S/C13H18N4O2/c1-8-10(9(2)16-12(14)15-8)11(18)17-5-3-13(17)4-6-19-7-13/h3-7H2,1-2H3,(H2,14,15,16)/t13-/m0/s1. The molecule has 1 atom stereocenters. The van der Waals surface area contributed by atoms with Gasteiger partial charge < -0.3 is 15.4 Å². The highest BCUT2D eigenvalue weighted by molar-refractivity contribution is 5.97. The van der Waals surface area contributed by atoms with E-state index in [0.29, 0.717) is 23.6 Å². The Bertz CT molecular complexity index is 514. The lowest BCUT2D eigenvalue weighted by Gasteiger charge is -2.50. The number of nitrogens with zero attached hydrogens (tertiary/aromatic N) is 3. The van der Waals surface area contributed by atoms with E-state index in [2.05, 4.69) is 9.97 Å². The van der Waals surface area contributed by atoms with Crippen molar-refractivity contribution in [1.29, 1.82) is 0 Å². The number of nitrogens with two attached hydrogens (primary N) is 1. The summed E-state index contributed by atoms with van der Waals surface area (Å²) in [7, 11) is 0. The minimum absolute atomic E-state index is 0.00625. The first-order chi connectivity index (χ1) is 9.03. The number of hydrogen-bond acceptors (Lipinski definition) is 5. The number of carbonyl (C=O) groups excluding carboxylic acids is 1. The molecule has 0 aliphatic carbocycles. The molecule has 6 heteroatoms. The van der Waals surface area contributed by atoms with E-state index in [1.54, 1.807) is 13.8 Å². The van der Waals surface area contributed by atoms with Gasteiger partial charge in [0.1, 0.15) is 0 Å². The van der Waals surface area contributed by atoms with Crippen molar-refractivity contribution in [2.24, 2.45) is 0 Å². The Labute approximate surface area is 112 Å². The van der Waals surface area contributed by atoms with Gasteiger partial charge in [0.25, 0.3) is 5.91 Å². The molecular formula is C13H18N4O2. The van der Waals surface area contributed by atoms with Crippen molar-refractivity contribution in [1.82, 2.24) is 14.9 Å². The van der Waals surface area contributed by atoms with Crippen molar-refractivity contribution in [3.05, 3.63) is 17.0 Å². The summed E-state index contributed by atoms with van der Waals surface area (Å²) < 4.78 is 5.45. The van der Waals surface area contributed by atoms with Crippen LogP contribution in [0.25, 0.3) is 0 Å². The Balaban J connectivity index is 1.93. The summed E-state index contributed by atoms with van der Waals surface area (Å²) in [6.07, 6.45) is 1.94. The molecule has 2 aliphatic heterocycles. The quantitative estimate of drug-likeness (QED) is 0.805. The average molecular weight is 262 g/mol. The molecule has 2 N–H and O–H groups in total. The number of carbonyl (C=O) groups is 1. The summed E-state index contributed by atoms with van der Waals surface area (Å²) in [5.41, 5.74) is 7.40. The fourth-order valence-corrected chi connectivity index (χ4v) is 3.05. The van der Waals surface area contributed by atoms with Crippen LogP contribution in [0.5, 0.6) is 0 Å². The van der Waals surface area contributed by atoms with Gasteiger partial charge in [0.2, 0.25) is 5.95 Å². The minimum atomic E-state index is -0.0860. The van der Waals surface area contributed by atoms with Crippen LogP contribution in [0.4, 0.5) is 5.95 Å². The van der Waals surface area contributed by atoms with Crippen molar-refractivity contribution in [2.45, 2.75) is 32.2 Å². The second-order valence-electron chi connectivity index (χ2n) is 5.36. The molecule has 19 heavy (non-hydrogen) atoms. The molecule has 2 fully saturated rings. The van der Waals surface area contributed by atoms with Crippen LogP contribution in [0.3, 0.4) is 0 Å². The van der Waals surface area contributed by atoms with Gasteiger partial charge in [-0.1, -0.05) is 0 Å². The number of likely N-dealkylation sites (tertiary alicyclic amines) is 1. The summed E-state index contributed by atoms with van der Waals surface area (Å²) >= 11 is 0. The summed E-state index contributed by atoms with van der Waals surface area (Å²) in [5, 5.41) is 0. The van der Waals surface area contributed by atoms with E-state index in [4.69, 9.17) is 10.5 Å². The highest BCUT2D eigenvalue weighted by atomic mass is 16.5. The number of amides is 1. The fourth-order valence-electron chi connectivity index (χ4n) is 3.05. The molecular weight excluding hydrogens is 244 g/mol. The van der Waals surface area contributed by atoms with Gasteiger partial charge in [0.05, 0.1) is 29.1 Å². The average Bonchev–Trinajstić information content (AvgIpc) is 2.76. The Kier molecular flexibility index (Phi) is 2.70. The largest absolute Gasteiger partial charge is 0.379 e. The van der Waals surface area contributed by atoms with Gasteiger partial charge >= 0.3 is 0 Å². The number of anilines is 1. The number of nitrogen functional groups attached to an aromatic ring is 1. The van der Waals surface area contributed by atoms with Crippen LogP contribution in [0, 0.1) is 13.8 Å². The van der Waals surface area contributed by atoms with Gasteiger partial charge in [0.15, 0.2) is 0 Å². The first kappa shape index (κ1) is 12.3. The summed E-state index contributed by atoms with van der Waals surface area (Å²) in [6, 6.07) is 0. The van der Waals surface area contributed by atoms with E-state index in [9.17, 15) is 4.79 Å². The van der Waals surface area contributed by atoms with Crippen LogP contribution >= 0.6 is 0 Å². The molecule has 102 valence electrons. The van der Waals surface area contributed by atoms with E-state index in [1.807, 2.05) is 4.90 Å². The Morgan fingerprint density at radius 2 is 2.00 bits per heavy atom.